The molecule has 0 bridgehead atoms. The number of quaternary nitrogens is 1. The zero-order valence-electron chi connectivity index (χ0n) is 13.4. The third-order valence-corrected chi connectivity index (χ3v) is 4.53. The second-order valence-electron chi connectivity index (χ2n) is 6.25. The first-order chi connectivity index (χ1) is 10.5. The molecule has 0 aromatic carbocycles. The van der Waals surface area contributed by atoms with Crippen molar-refractivity contribution in [3.05, 3.63) is 39.7 Å². The van der Waals surface area contributed by atoms with Crippen LogP contribution in [0.2, 0.25) is 0 Å². The maximum atomic E-state index is 12.3. The Kier molecular flexibility index (Phi) is 5.04. The van der Waals surface area contributed by atoms with E-state index in [0.717, 1.165) is 13.1 Å². The molecule has 118 valence electrons. The van der Waals surface area contributed by atoms with Crippen molar-refractivity contribution >= 4 is 0 Å². The van der Waals surface area contributed by atoms with Crippen LogP contribution in [-0.2, 0) is 13.1 Å². The fraction of sp³-hybridized carbons (Fsp3) is 0.529. The summed E-state index contributed by atoms with van der Waals surface area (Å²) in [6.45, 7) is 10.6. The van der Waals surface area contributed by atoms with Crippen LogP contribution in [0.1, 0.15) is 36.5 Å². The average molecular weight is 302 g/mol. The van der Waals surface area contributed by atoms with Crippen molar-refractivity contribution in [1.82, 2.24) is 4.57 Å². The molecule has 2 atom stereocenters. The molecule has 0 spiro atoms. The highest BCUT2D eigenvalue weighted by Gasteiger charge is 2.25. The lowest BCUT2D eigenvalue weighted by Crippen LogP contribution is -3.12. The summed E-state index contributed by atoms with van der Waals surface area (Å²) in [6, 6.07) is 1.99. The fourth-order valence-electron chi connectivity index (χ4n) is 3.32. The predicted octanol–water partition coefficient (Wildman–Crippen LogP) is 0.735. The van der Waals surface area contributed by atoms with E-state index in [1.807, 2.05) is 6.07 Å². The Labute approximate surface area is 131 Å². The summed E-state index contributed by atoms with van der Waals surface area (Å²) >= 11 is 0. The van der Waals surface area contributed by atoms with Crippen molar-refractivity contribution in [3.8, 4) is 11.9 Å². The molecule has 1 aliphatic rings. The molecule has 2 N–H and O–H groups in total. The van der Waals surface area contributed by atoms with Crippen molar-refractivity contribution in [3.63, 3.8) is 0 Å². The van der Waals surface area contributed by atoms with Crippen LogP contribution in [0, 0.1) is 24.2 Å². The molecule has 1 fully saturated rings. The first-order valence-corrected chi connectivity index (χ1v) is 7.79. The van der Waals surface area contributed by atoms with Gasteiger partial charge in [-0.25, -0.2) is 0 Å². The van der Waals surface area contributed by atoms with Gasteiger partial charge in [0.25, 0.3) is 5.56 Å². The van der Waals surface area contributed by atoms with Gasteiger partial charge in [-0.3, -0.25) is 9.36 Å². The maximum absolute atomic E-state index is 12.3. The molecule has 0 saturated carbocycles. The van der Waals surface area contributed by atoms with Crippen molar-refractivity contribution in [2.24, 2.45) is 5.92 Å². The molecule has 1 aromatic heterocycles. The van der Waals surface area contributed by atoms with Gasteiger partial charge in [0.1, 0.15) is 18.2 Å². The lowest BCUT2D eigenvalue weighted by Gasteiger charge is -2.28. The molecule has 5 heteroatoms. The number of nitrogens with one attached hydrogen (secondary N) is 1. The molecule has 0 aliphatic carbocycles. The molecule has 0 radical (unpaired) electrons. The fourth-order valence-corrected chi connectivity index (χ4v) is 3.32. The van der Waals surface area contributed by atoms with Crippen molar-refractivity contribution in [2.75, 3.05) is 13.1 Å². The van der Waals surface area contributed by atoms with E-state index in [1.165, 1.54) is 22.3 Å². The number of piperidine rings is 1. The molecule has 1 saturated heterocycles. The van der Waals surface area contributed by atoms with Gasteiger partial charge in [-0.15, -0.1) is 6.58 Å². The summed E-state index contributed by atoms with van der Waals surface area (Å²) in [6.07, 6.45) is 3.97. The first kappa shape index (κ1) is 16.3. The largest absolute Gasteiger partial charge is 0.494 e. The Bertz CT molecular complexity index is 670. The van der Waals surface area contributed by atoms with Gasteiger partial charge in [0.05, 0.1) is 18.7 Å². The highest BCUT2D eigenvalue weighted by atomic mass is 16.3. The molecule has 0 amide bonds. The van der Waals surface area contributed by atoms with Gasteiger partial charge in [0, 0.05) is 12.5 Å². The number of pyridine rings is 1. The summed E-state index contributed by atoms with van der Waals surface area (Å²) < 4.78 is 1.24. The SMILES string of the molecule is C=CCn1c(O)c(C[NH+]2CCC[C@H](C)C2)c(C)c(C#N)c1=O. The van der Waals surface area contributed by atoms with Gasteiger partial charge in [0.2, 0.25) is 5.88 Å². The van der Waals surface area contributed by atoms with E-state index in [2.05, 4.69) is 13.5 Å². The zero-order chi connectivity index (χ0) is 16.3. The van der Waals surface area contributed by atoms with E-state index in [4.69, 9.17) is 0 Å². The van der Waals surface area contributed by atoms with Crippen LogP contribution in [0.4, 0.5) is 0 Å². The van der Waals surface area contributed by atoms with Crippen LogP contribution >= 0.6 is 0 Å². The van der Waals surface area contributed by atoms with Crippen molar-refractivity contribution in [2.45, 2.75) is 39.8 Å². The number of hydrogen-bond acceptors (Lipinski definition) is 3. The molecular formula is C17H24N3O2+. The number of hydrogen-bond donors (Lipinski definition) is 2. The number of aromatic hydroxyl groups is 1. The standard InChI is InChI=1S/C17H23N3O2/c1-4-7-20-16(21)14(9-18)13(3)15(17(20)22)11-19-8-5-6-12(2)10-19/h4,12,22H,1,5-8,10-11H2,2-3H3/p+1/t12-/m0/s1. The summed E-state index contributed by atoms with van der Waals surface area (Å²) in [7, 11) is 0. The summed E-state index contributed by atoms with van der Waals surface area (Å²) in [5.41, 5.74) is 1.00. The number of nitriles is 1. The van der Waals surface area contributed by atoms with Crippen molar-refractivity contribution < 1.29 is 10.0 Å². The van der Waals surface area contributed by atoms with Gasteiger partial charge in [-0.05, 0) is 25.3 Å². The molecule has 5 nitrogen and oxygen atoms in total. The maximum Gasteiger partial charge on any atom is 0.271 e. The molecular weight excluding hydrogens is 278 g/mol. The molecule has 22 heavy (non-hydrogen) atoms. The lowest BCUT2D eigenvalue weighted by atomic mass is 9.98. The zero-order valence-corrected chi connectivity index (χ0v) is 13.4. The number of allylic oxidation sites excluding steroid dienone is 1. The molecule has 2 rings (SSSR count). The van der Waals surface area contributed by atoms with Gasteiger partial charge in [0.15, 0.2) is 0 Å². The number of nitrogens with zero attached hydrogens (tertiary/aromatic N) is 2. The van der Waals surface area contributed by atoms with Gasteiger partial charge >= 0.3 is 0 Å². The van der Waals surface area contributed by atoms with E-state index in [1.54, 1.807) is 13.0 Å². The normalized spacial score (nSPS) is 21.3. The predicted molar refractivity (Wildman–Crippen MR) is 84.8 cm³/mol. The monoisotopic (exact) mass is 302 g/mol. The van der Waals surface area contributed by atoms with Crippen molar-refractivity contribution in [1.29, 1.82) is 5.26 Å². The van der Waals surface area contributed by atoms with E-state index < -0.39 is 5.56 Å². The molecule has 1 aliphatic heterocycles. The van der Waals surface area contributed by atoms with E-state index in [-0.39, 0.29) is 18.0 Å². The minimum Gasteiger partial charge on any atom is -0.494 e. The summed E-state index contributed by atoms with van der Waals surface area (Å²) in [5.74, 6) is 0.646. The summed E-state index contributed by atoms with van der Waals surface area (Å²) in [5, 5.41) is 19.8. The van der Waals surface area contributed by atoms with Crippen LogP contribution in [0.15, 0.2) is 17.4 Å². The minimum absolute atomic E-state index is 0.0212. The third kappa shape index (κ3) is 3.07. The van der Waals surface area contributed by atoms with Crippen LogP contribution in [-0.4, -0.2) is 22.8 Å². The Morgan fingerprint density at radius 1 is 1.59 bits per heavy atom. The Balaban J connectivity index is 2.46. The smallest absolute Gasteiger partial charge is 0.271 e. The topological polar surface area (TPSA) is 70.5 Å². The highest BCUT2D eigenvalue weighted by molar-refractivity contribution is 5.45. The molecule has 2 heterocycles. The van der Waals surface area contributed by atoms with Crippen LogP contribution < -0.4 is 10.5 Å². The van der Waals surface area contributed by atoms with Gasteiger partial charge < -0.3 is 10.0 Å². The van der Waals surface area contributed by atoms with Gasteiger partial charge in [-0.2, -0.15) is 5.26 Å². The van der Waals surface area contributed by atoms with Gasteiger partial charge in [-0.1, -0.05) is 13.0 Å². The first-order valence-electron chi connectivity index (χ1n) is 7.79. The average Bonchev–Trinajstić information content (AvgIpc) is 2.49. The van der Waals surface area contributed by atoms with Crippen LogP contribution in [0.3, 0.4) is 0 Å². The van der Waals surface area contributed by atoms with E-state index in [9.17, 15) is 15.2 Å². The second-order valence-corrected chi connectivity index (χ2v) is 6.25. The molecule has 1 unspecified atom stereocenters. The van der Waals surface area contributed by atoms with Crippen LogP contribution in [0.5, 0.6) is 5.88 Å². The highest BCUT2D eigenvalue weighted by Crippen LogP contribution is 2.21. The third-order valence-electron chi connectivity index (χ3n) is 4.53. The number of aromatic nitrogens is 1. The number of rotatable bonds is 4. The van der Waals surface area contributed by atoms with E-state index >= 15 is 0 Å². The minimum atomic E-state index is -0.442. The van der Waals surface area contributed by atoms with Crippen LogP contribution in [0.25, 0.3) is 0 Å². The second kappa shape index (κ2) is 6.80. The Morgan fingerprint density at radius 2 is 2.32 bits per heavy atom. The number of likely N-dealkylation sites (tertiary alicyclic amines) is 1. The summed E-state index contributed by atoms with van der Waals surface area (Å²) in [4.78, 5) is 13.6. The Hall–Kier alpha value is -2.06. The molecule has 1 aromatic rings. The Morgan fingerprint density at radius 3 is 2.91 bits per heavy atom. The quantitative estimate of drug-likeness (QED) is 0.806. The van der Waals surface area contributed by atoms with E-state index in [0.29, 0.717) is 23.6 Å². The lowest BCUT2D eigenvalue weighted by molar-refractivity contribution is -0.922.